The lowest BCUT2D eigenvalue weighted by molar-refractivity contribution is -0.123. The van der Waals surface area contributed by atoms with Crippen LogP contribution in [0.1, 0.15) is 36.4 Å². The van der Waals surface area contributed by atoms with Crippen LogP contribution in [0.15, 0.2) is 5.38 Å². The molecule has 2 atom stereocenters. The van der Waals surface area contributed by atoms with Crippen LogP contribution in [0.3, 0.4) is 0 Å². The van der Waals surface area contributed by atoms with E-state index in [1.807, 2.05) is 12.3 Å². The lowest BCUT2D eigenvalue weighted by Crippen LogP contribution is -2.31. The second-order valence-electron chi connectivity index (χ2n) is 5.32. The molecule has 1 fully saturated rings. The first-order valence-corrected chi connectivity index (χ1v) is 9.32. The Morgan fingerprint density at radius 2 is 2.21 bits per heavy atom. The summed E-state index contributed by atoms with van der Waals surface area (Å²) in [5, 5.41) is 2.53. The van der Waals surface area contributed by atoms with Crippen LogP contribution in [0.5, 0.6) is 0 Å². The molecule has 4 nitrogen and oxygen atoms in total. The van der Waals surface area contributed by atoms with E-state index in [1.54, 1.807) is 0 Å². The summed E-state index contributed by atoms with van der Waals surface area (Å²) in [5.41, 5.74) is 0.814. The number of hydrogen-bond donors (Lipinski definition) is 0. The van der Waals surface area contributed by atoms with Gasteiger partial charge in [0, 0.05) is 24.0 Å². The first-order chi connectivity index (χ1) is 8.86. The lowest BCUT2D eigenvalue weighted by Gasteiger charge is -2.26. The number of aromatic nitrogens is 1. The highest BCUT2D eigenvalue weighted by Gasteiger charge is 2.32. The highest BCUT2D eigenvalue weighted by Crippen LogP contribution is 2.29. The average Bonchev–Trinajstić information content (AvgIpc) is 2.74. The van der Waals surface area contributed by atoms with Crippen molar-refractivity contribution in [2.75, 3.05) is 6.26 Å². The van der Waals surface area contributed by atoms with Gasteiger partial charge in [0.05, 0.1) is 16.0 Å². The van der Waals surface area contributed by atoms with Crippen LogP contribution < -0.4 is 0 Å². The number of ketones is 1. The third-order valence-electron chi connectivity index (χ3n) is 3.71. The molecule has 0 saturated heterocycles. The van der Waals surface area contributed by atoms with Gasteiger partial charge in [-0.25, -0.2) is 13.4 Å². The molecule has 1 aliphatic rings. The molecule has 6 heteroatoms. The normalized spacial score (nSPS) is 24.3. The summed E-state index contributed by atoms with van der Waals surface area (Å²) in [4.78, 5) is 16.5. The van der Waals surface area contributed by atoms with Crippen LogP contribution in [0.2, 0.25) is 0 Å². The molecule has 0 amide bonds. The van der Waals surface area contributed by atoms with Gasteiger partial charge in [-0.2, -0.15) is 0 Å². The predicted molar refractivity (Wildman–Crippen MR) is 76.2 cm³/mol. The molecule has 0 aliphatic heterocycles. The number of nitrogens with zero attached hydrogens (tertiary/aromatic N) is 1. The molecular weight excluding hydrogens is 282 g/mol. The molecule has 106 valence electrons. The van der Waals surface area contributed by atoms with Gasteiger partial charge in [-0.05, 0) is 26.2 Å². The number of thiazole rings is 1. The fourth-order valence-corrected chi connectivity index (χ4v) is 4.43. The zero-order valence-electron chi connectivity index (χ0n) is 11.3. The Hall–Kier alpha value is -0.750. The van der Waals surface area contributed by atoms with Gasteiger partial charge in [-0.15, -0.1) is 11.3 Å². The highest BCUT2D eigenvalue weighted by molar-refractivity contribution is 7.91. The van der Waals surface area contributed by atoms with Gasteiger partial charge in [0.15, 0.2) is 0 Å². The first kappa shape index (κ1) is 14.7. The molecule has 0 spiro atoms. The van der Waals surface area contributed by atoms with Crippen LogP contribution in [-0.2, 0) is 21.1 Å². The quantitative estimate of drug-likeness (QED) is 0.855. The maximum absolute atomic E-state index is 12.2. The largest absolute Gasteiger partial charge is 0.299 e. The summed E-state index contributed by atoms with van der Waals surface area (Å²) in [5.74, 6) is 0.0223. The zero-order valence-corrected chi connectivity index (χ0v) is 12.9. The Morgan fingerprint density at radius 3 is 2.79 bits per heavy atom. The number of rotatable bonds is 4. The van der Waals surface area contributed by atoms with E-state index in [-0.39, 0.29) is 17.0 Å². The van der Waals surface area contributed by atoms with E-state index in [0.717, 1.165) is 23.5 Å². The molecule has 1 aromatic heterocycles. The van der Waals surface area contributed by atoms with Crippen molar-refractivity contribution >= 4 is 27.0 Å². The summed E-state index contributed by atoms with van der Waals surface area (Å²) in [7, 11) is -3.03. The maximum atomic E-state index is 12.2. The predicted octanol–water partition coefficient (Wildman–Crippen LogP) is 2.17. The van der Waals surface area contributed by atoms with E-state index in [1.165, 1.54) is 17.6 Å². The van der Waals surface area contributed by atoms with Crippen LogP contribution in [0, 0.1) is 12.8 Å². The van der Waals surface area contributed by atoms with Gasteiger partial charge in [0.2, 0.25) is 0 Å². The third-order valence-corrected chi connectivity index (χ3v) is 6.17. The first-order valence-electron chi connectivity index (χ1n) is 6.49. The molecule has 1 saturated carbocycles. The smallest absolute Gasteiger partial charge is 0.150 e. The standard InChI is InChI=1S/C13H19NO3S2/c1-9-14-11(8-18-9)7-13(15)10-4-3-5-12(6-10)19(2,16)17/h8,10,12H,3-7H2,1-2H3. The topological polar surface area (TPSA) is 64.1 Å². The molecule has 19 heavy (non-hydrogen) atoms. The maximum Gasteiger partial charge on any atom is 0.150 e. The number of carbonyl (C=O) groups excluding carboxylic acids is 1. The molecule has 2 unspecified atom stereocenters. The Morgan fingerprint density at radius 1 is 1.47 bits per heavy atom. The van der Waals surface area contributed by atoms with Gasteiger partial charge >= 0.3 is 0 Å². The van der Waals surface area contributed by atoms with E-state index >= 15 is 0 Å². The highest BCUT2D eigenvalue weighted by atomic mass is 32.2. The summed E-state index contributed by atoms with van der Waals surface area (Å²) in [6.07, 6.45) is 4.43. The van der Waals surface area contributed by atoms with Crippen LogP contribution in [0.4, 0.5) is 0 Å². The molecule has 1 aliphatic carbocycles. The van der Waals surface area contributed by atoms with Gasteiger partial charge in [-0.3, -0.25) is 4.79 Å². The SMILES string of the molecule is Cc1nc(CC(=O)C2CCCC(S(C)(=O)=O)C2)cs1. The van der Waals surface area contributed by atoms with Crippen LogP contribution in [-0.4, -0.2) is 30.7 Å². The van der Waals surface area contributed by atoms with Gasteiger partial charge in [0.1, 0.15) is 15.6 Å². The van der Waals surface area contributed by atoms with Crippen molar-refractivity contribution in [3.63, 3.8) is 0 Å². The number of hydrogen-bond acceptors (Lipinski definition) is 5. The monoisotopic (exact) mass is 301 g/mol. The molecule has 1 aromatic rings. The van der Waals surface area contributed by atoms with Crippen molar-refractivity contribution in [3.05, 3.63) is 16.1 Å². The van der Waals surface area contributed by atoms with Crippen LogP contribution in [0.25, 0.3) is 0 Å². The molecule has 0 radical (unpaired) electrons. The molecule has 1 heterocycles. The summed E-state index contributed by atoms with van der Waals surface area (Å²) < 4.78 is 23.2. The summed E-state index contributed by atoms with van der Waals surface area (Å²) in [6.45, 7) is 1.92. The Kier molecular flexibility index (Phi) is 4.40. The minimum Gasteiger partial charge on any atom is -0.299 e. The molecular formula is C13H19NO3S2. The van der Waals surface area contributed by atoms with Gasteiger partial charge in [-0.1, -0.05) is 6.42 Å². The van der Waals surface area contributed by atoms with Crippen molar-refractivity contribution in [2.24, 2.45) is 5.92 Å². The second-order valence-corrected chi connectivity index (χ2v) is 8.70. The summed E-state index contributed by atoms with van der Waals surface area (Å²) >= 11 is 1.54. The van der Waals surface area contributed by atoms with E-state index < -0.39 is 9.84 Å². The average molecular weight is 301 g/mol. The Balaban J connectivity index is 1.99. The summed E-state index contributed by atoms with van der Waals surface area (Å²) in [6, 6.07) is 0. The molecule has 0 bridgehead atoms. The van der Waals surface area contributed by atoms with E-state index in [2.05, 4.69) is 4.98 Å². The van der Waals surface area contributed by atoms with Crippen molar-refractivity contribution in [1.29, 1.82) is 0 Å². The van der Waals surface area contributed by atoms with Gasteiger partial charge < -0.3 is 0 Å². The minimum atomic E-state index is -3.03. The molecule has 2 rings (SSSR count). The zero-order chi connectivity index (χ0) is 14.0. The minimum absolute atomic E-state index is 0.115. The second kappa shape index (κ2) is 5.71. The van der Waals surface area contributed by atoms with E-state index in [9.17, 15) is 13.2 Å². The third kappa shape index (κ3) is 3.86. The number of sulfone groups is 1. The number of Topliss-reactive ketones (excluding diaryl/α,β-unsaturated/α-hetero) is 1. The van der Waals surface area contributed by atoms with Crippen molar-refractivity contribution in [3.8, 4) is 0 Å². The fraction of sp³-hybridized carbons (Fsp3) is 0.692. The Bertz CT molecular complexity index is 562. The Labute approximate surface area is 118 Å². The molecule has 0 aromatic carbocycles. The van der Waals surface area contributed by atoms with Crippen molar-refractivity contribution < 1.29 is 13.2 Å². The van der Waals surface area contributed by atoms with Crippen molar-refractivity contribution in [1.82, 2.24) is 4.98 Å². The van der Waals surface area contributed by atoms with E-state index in [0.29, 0.717) is 19.3 Å². The molecule has 0 N–H and O–H groups in total. The lowest BCUT2D eigenvalue weighted by atomic mass is 9.84. The van der Waals surface area contributed by atoms with Crippen molar-refractivity contribution in [2.45, 2.75) is 44.3 Å². The van der Waals surface area contributed by atoms with Crippen LogP contribution >= 0.6 is 11.3 Å². The van der Waals surface area contributed by atoms with Gasteiger partial charge in [0.25, 0.3) is 0 Å². The number of carbonyl (C=O) groups is 1. The fourth-order valence-electron chi connectivity index (χ4n) is 2.64. The number of aryl methyl sites for hydroxylation is 1. The van der Waals surface area contributed by atoms with E-state index in [4.69, 9.17) is 0 Å².